The van der Waals surface area contributed by atoms with Crippen molar-refractivity contribution in [3.05, 3.63) is 58.7 Å². The number of hydrogen-bond donors (Lipinski definition) is 1. The molecule has 0 bridgehead atoms. The Morgan fingerprint density at radius 1 is 1.16 bits per heavy atom. The zero-order valence-corrected chi connectivity index (χ0v) is 17.7. The number of hydrogen-bond acceptors (Lipinski definition) is 5. The minimum Gasteiger partial charge on any atom is -0.457 e. The van der Waals surface area contributed by atoms with Crippen molar-refractivity contribution in [2.24, 2.45) is 5.92 Å². The van der Waals surface area contributed by atoms with Crippen LogP contribution < -0.4 is 10.2 Å². The van der Waals surface area contributed by atoms with Crippen LogP contribution in [0.25, 0.3) is 0 Å². The van der Waals surface area contributed by atoms with E-state index in [-0.39, 0.29) is 36.5 Å². The number of rotatable bonds is 5. The summed E-state index contributed by atoms with van der Waals surface area (Å²) < 4.78 is 5.25. The van der Waals surface area contributed by atoms with Crippen molar-refractivity contribution < 1.29 is 23.9 Å². The first-order valence-electron chi connectivity index (χ1n) is 10.3. The Labute approximate surface area is 180 Å². The fourth-order valence-corrected chi connectivity index (χ4v) is 4.05. The number of nitrogens with one attached hydrogen (secondary N) is 1. The molecule has 2 amide bonds. The number of amides is 2. The largest absolute Gasteiger partial charge is 0.457 e. The topological polar surface area (TPSA) is 92.8 Å². The van der Waals surface area contributed by atoms with Gasteiger partial charge in [-0.2, -0.15) is 0 Å². The third kappa shape index (κ3) is 3.83. The molecule has 2 aliphatic rings. The lowest BCUT2D eigenvalue weighted by molar-refractivity contribution is -0.147. The van der Waals surface area contributed by atoms with Crippen LogP contribution >= 0.6 is 0 Å². The van der Waals surface area contributed by atoms with Crippen molar-refractivity contribution in [2.75, 3.05) is 23.4 Å². The summed E-state index contributed by atoms with van der Waals surface area (Å²) in [7, 11) is 0. The number of carbonyl (C=O) groups is 4. The van der Waals surface area contributed by atoms with Gasteiger partial charge in [-0.05, 0) is 61.7 Å². The van der Waals surface area contributed by atoms with Crippen LogP contribution in [0.4, 0.5) is 11.4 Å². The highest BCUT2D eigenvalue weighted by Gasteiger charge is 2.37. The smallest absolute Gasteiger partial charge is 0.311 e. The van der Waals surface area contributed by atoms with Crippen molar-refractivity contribution in [1.29, 1.82) is 0 Å². The summed E-state index contributed by atoms with van der Waals surface area (Å²) in [5.41, 5.74) is 4.71. The molecule has 160 valence electrons. The Bertz CT molecular complexity index is 1110. The van der Waals surface area contributed by atoms with Crippen molar-refractivity contribution in [2.45, 2.75) is 33.1 Å². The summed E-state index contributed by atoms with van der Waals surface area (Å²) in [6.45, 7) is 5.53. The first-order valence-corrected chi connectivity index (χ1v) is 10.3. The number of fused-ring (bicyclic) bond motifs is 1. The van der Waals surface area contributed by atoms with Crippen LogP contribution in [0.15, 0.2) is 36.4 Å². The molecular formula is C24H24N2O5. The van der Waals surface area contributed by atoms with Crippen LogP contribution in [0.3, 0.4) is 0 Å². The van der Waals surface area contributed by atoms with Crippen LogP contribution in [0, 0.1) is 19.8 Å². The van der Waals surface area contributed by atoms with Crippen LogP contribution in [0.5, 0.6) is 0 Å². The van der Waals surface area contributed by atoms with E-state index in [2.05, 4.69) is 5.32 Å². The highest BCUT2D eigenvalue weighted by molar-refractivity contribution is 6.05. The summed E-state index contributed by atoms with van der Waals surface area (Å²) in [4.78, 5) is 50.9. The molecule has 1 saturated heterocycles. The van der Waals surface area contributed by atoms with Crippen LogP contribution in [-0.2, 0) is 19.1 Å². The van der Waals surface area contributed by atoms with Gasteiger partial charge in [0.15, 0.2) is 12.4 Å². The number of nitrogens with zero attached hydrogens (tertiary/aromatic N) is 1. The van der Waals surface area contributed by atoms with Gasteiger partial charge >= 0.3 is 5.97 Å². The van der Waals surface area contributed by atoms with Gasteiger partial charge in [0, 0.05) is 29.9 Å². The molecule has 2 aromatic carbocycles. The number of esters is 1. The molecule has 7 nitrogen and oxygen atoms in total. The number of aryl methyl sites for hydroxylation is 1. The molecule has 4 rings (SSSR count). The molecule has 0 radical (unpaired) electrons. The lowest BCUT2D eigenvalue weighted by Gasteiger charge is -2.20. The van der Waals surface area contributed by atoms with E-state index in [1.807, 2.05) is 32.0 Å². The number of ketones is 1. The van der Waals surface area contributed by atoms with Gasteiger partial charge in [0.2, 0.25) is 11.8 Å². The van der Waals surface area contributed by atoms with Gasteiger partial charge in [0.25, 0.3) is 0 Å². The van der Waals surface area contributed by atoms with Gasteiger partial charge in [-0.3, -0.25) is 19.2 Å². The molecule has 0 unspecified atom stereocenters. The fraction of sp³-hybridized carbons (Fsp3) is 0.333. The minimum atomic E-state index is -0.609. The average Bonchev–Trinajstić information content (AvgIpc) is 3.27. The summed E-state index contributed by atoms with van der Waals surface area (Å²) in [5, 5.41) is 2.76. The Morgan fingerprint density at radius 2 is 1.94 bits per heavy atom. The summed E-state index contributed by atoms with van der Waals surface area (Å²) in [5.74, 6) is -2.08. The molecule has 31 heavy (non-hydrogen) atoms. The molecule has 0 aromatic heterocycles. The number of Topliss-reactive ketones (excluding diaryl/α,β-unsaturated/α-hetero) is 1. The molecule has 0 saturated carbocycles. The molecule has 0 spiro atoms. The molecule has 7 heteroatoms. The Kier molecular flexibility index (Phi) is 5.35. The molecule has 2 heterocycles. The maximum Gasteiger partial charge on any atom is 0.311 e. The predicted molar refractivity (Wildman–Crippen MR) is 115 cm³/mol. The molecule has 2 aliphatic heterocycles. The van der Waals surface area contributed by atoms with Crippen LogP contribution in [0.1, 0.15) is 46.3 Å². The van der Waals surface area contributed by atoms with Crippen LogP contribution in [0.2, 0.25) is 0 Å². The highest BCUT2D eigenvalue weighted by Crippen LogP contribution is 2.33. The van der Waals surface area contributed by atoms with E-state index in [0.29, 0.717) is 11.3 Å². The van der Waals surface area contributed by atoms with Gasteiger partial charge in [-0.1, -0.05) is 12.1 Å². The normalized spacial score (nSPS) is 19.9. The molecular weight excluding hydrogens is 396 g/mol. The van der Waals surface area contributed by atoms with Crippen molar-refractivity contribution in [3.63, 3.8) is 0 Å². The van der Waals surface area contributed by atoms with E-state index >= 15 is 0 Å². The maximum atomic E-state index is 12.5. The highest BCUT2D eigenvalue weighted by atomic mass is 16.5. The van der Waals surface area contributed by atoms with Crippen molar-refractivity contribution in [3.8, 4) is 0 Å². The quantitative estimate of drug-likeness (QED) is 0.593. The van der Waals surface area contributed by atoms with E-state index in [9.17, 15) is 19.2 Å². The molecule has 1 fully saturated rings. The van der Waals surface area contributed by atoms with E-state index in [1.54, 1.807) is 30.0 Å². The number of ether oxygens (including phenoxy) is 1. The van der Waals surface area contributed by atoms with Gasteiger partial charge in [-0.15, -0.1) is 0 Å². The van der Waals surface area contributed by atoms with Gasteiger partial charge in [-0.25, -0.2) is 0 Å². The Morgan fingerprint density at radius 3 is 2.71 bits per heavy atom. The zero-order valence-electron chi connectivity index (χ0n) is 17.7. The summed E-state index contributed by atoms with van der Waals surface area (Å²) >= 11 is 0. The number of anilines is 2. The van der Waals surface area contributed by atoms with Crippen molar-refractivity contribution >= 4 is 34.9 Å². The standard InChI is InChI=1S/C24H24N2O5/c1-13-5-4-6-20(14(13)2)26-11-17(10-22(26)28)24(30)31-12-21(27)16-7-8-19-18(9-16)15(3)23(29)25-19/h4-9,15,17H,10-12H2,1-3H3,(H,25,29)/t15-,17+/m0/s1. The molecule has 1 N–H and O–H groups in total. The second-order valence-corrected chi connectivity index (χ2v) is 8.17. The van der Waals surface area contributed by atoms with Gasteiger partial charge < -0.3 is 15.0 Å². The fourth-order valence-electron chi connectivity index (χ4n) is 4.05. The lowest BCUT2D eigenvalue weighted by atomic mass is 9.99. The molecule has 0 aliphatic carbocycles. The van der Waals surface area contributed by atoms with E-state index < -0.39 is 18.5 Å². The van der Waals surface area contributed by atoms with Crippen LogP contribution in [-0.4, -0.2) is 36.7 Å². The van der Waals surface area contributed by atoms with E-state index in [4.69, 9.17) is 4.74 Å². The third-order valence-electron chi connectivity index (χ3n) is 6.16. The summed E-state index contributed by atoms with van der Waals surface area (Å²) in [6.07, 6.45) is 0.0601. The number of carbonyl (C=O) groups excluding carboxylic acids is 4. The predicted octanol–water partition coefficient (Wildman–Crippen LogP) is 3.14. The average molecular weight is 420 g/mol. The summed E-state index contributed by atoms with van der Waals surface area (Å²) in [6, 6.07) is 10.7. The third-order valence-corrected chi connectivity index (χ3v) is 6.16. The Hall–Kier alpha value is -3.48. The first kappa shape index (κ1) is 20.8. The second-order valence-electron chi connectivity index (χ2n) is 8.17. The minimum absolute atomic E-state index is 0.0601. The number of benzene rings is 2. The maximum absolute atomic E-state index is 12.5. The Balaban J connectivity index is 1.38. The van der Waals surface area contributed by atoms with E-state index in [0.717, 1.165) is 22.4 Å². The van der Waals surface area contributed by atoms with Crippen molar-refractivity contribution in [1.82, 2.24) is 0 Å². The van der Waals surface area contributed by atoms with E-state index in [1.165, 1.54) is 0 Å². The monoisotopic (exact) mass is 420 g/mol. The SMILES string of the molecule is Cc1cccc(N2C[C@H](C(=O)OCC(=O)c3ccc4c(c3)[C@H](C)C(=O)N4)CC2=O)c1C. The molecule has 2 atom stereocenters. The van der Waals surface area contributed by atoms with Gasteiger partial charge in [0.05, 0.1) is 11.8 Å². The second kappa shape index (κ2) is 7.98. The molecule has 2 aromatic rings. The lowest BCUT2D eigenvalue weighted by Crippen LogP contribution is -2.27. The first-order chi connectivity index (χ1) is 14.8. The zero-order chi connectivity index (χ0) is 22.3. The van der Waals surface area contributed by atoms with Gasteiger partial charge in [0.1, 0.15) is 0 Å².